The molecule has 0 aromatic heterocycles. The topological polar surface area (TPSA) is 101 Å². The third-order valence-corrected chi connectivity index (χ3v) is 5.30. The van der Waals surface area contributed by atoms with Crippen LogP contribution in [0.4, 0.5) is 5.69 Å². The molecule has 1 aromatic carbocycles. The first-order valence-corrected chi connectivity index (χ1v) is 7.80. The summed E-state index contributed by atoms with van der Waals surface area (Å²) in [4.78, 5) is 10.9. The zero-order valence-corrected chi connectivity index (χ0v) is 12.6. The monoisotopic (exact) mass is 300 g/mol. The fourth-order valence-electron chi connectivity index (χ4n) is 2.08. The third kappa shape index (κ3) is 3.10. The number of nitrogens with two attached hydrogens (primary N) is 1. The van der Waals surface area contributed by atoms with Crippen molar-refractivity contribution < 1.29 is 18.3 Å². The fourth-order valence-corrected chi connectivity index (χ4v) is 3.80. The Morgan fingerprint density at radius 3 is 2.35 bits per heavy atom. The summed E-state index contributed by atoms with van der Waals surface area (Å²) in [6.45, 7) is 3.77. The first-order valence-electron chi connectivity index (χ1n) is 6.36. The Balaban J connectivity index is 3.42. The van der Waals surface area contributed by atoms with Gasteiger partial charge in [-0.2, -0.15) is 4.31 Å². The summed E-state index contributed by atoms with van der Waals surface area (Å²) < 4.78 is 26.4. The highest BCUT2D eigenvalue weighted by Gasteiger charge is 2.30. The van der Waals surface area contributed by atoms with Crippen LogP contribution < -0.4 is 5.73 Å². The average molecular weight is 300 g/mol. The largest absolute Gasteiger partial charge is 0.478 e. The predicted molar refractivity (Wildman–Crippen MR) is 77.1 cm³/mol. The van der Waals surface area contributed by atoms with Crippen LogP contribution in [0.2, 0.25) is 0 Å². The van der Waals surface area contributed by atoms with Gasteiger partial charge in [0.2, 0.25) is 10.0 Å². The van der Waals surface area contributed by atoms with Crippen molar-refractivity contribution in [2.24, 2.45) is 0 Å². The number of anilines is 1. The summed E-state index contributed by atoms with van der Waals surface area (Å²) in [5, 5.41) is 9.13. The van der Waals surface area contributed by atoms with Gasteiger partial charge in [-0.3, -0.25) is 0 Å². The van der Waals surface area contributed by atoms with Crippen LogP contribution in [0.15, 0.2) is 23.1 Å². The van der Waals surface area contributed by atoms with Gasteiger partial charge in [0.15, 0.2) is 0 Å². The number of rotatable bonds is 6. The molecule has 0 saturated carbocycles. The van der Waals surface area contributed by atoms with E-state index in [-0.39, 0.29) is 22.2 Å². The smallest absolute Gasteiger partial charge is 0.337 e. The van der Waals surface area contributed by atoms with Crippen molar-refractivity contribution in [3.05, 3.63) is 23.8 Å². The number of nitrogens with zero attached hydrogens (tertiary/aromatic N) is 1. The summed E-state index contributed by atoms with van der Waals surface area (Å²) in [6.07, 6.45) is 1.30. The number of nitrogen functional groups attached to an aromatic ring is 1. The van der Waals surface area contributed by atoms with Crippen molar-refractivity contribution in [2.45, 2.75) is 37.6 Å². The van der Waals surface area contributed by atoms with Crippen molar-refractivity contribution in [3.63, 3.8) is 0 Å². The molecular formula is C13H20N2O4S. The lowest BCUT2D eigenvalue weighted by atomic mass is 10.2. The number of aromatic carboxylic acids is 1. The molecule has 0 amide bonds. The van der Waals surface area contributed by atoms with Crippen molar-refractivity contribution in [2.75, 3.05) is 12.8 Å². The van der Waals surface area contributed by atoms with Gasteiger partial charge in [-0.15, -0.1) is 0 Å². The standard InChI is InChI=1S/C13H20N2O4S/c1-4-10(5-2)15(3)20(18,19)12-8-9(14)6-7-11(12)13(16)17/h6-8,10H,4-5,14H2,1-3H3,(H,16,17). The Morgan fingerprint density at radius 1 is 1.35 bits per heavy atom. The number of benzene rings is 1. The quantitative estimate of drug-likeness (QED) is 0.780. The minimum absolute atomic E-state index is 0.178. The molecule has 0 aliphatic rings. The van der Waals surface area contributed by atoms with Gasteiger partial charge in [-0.05, 0) is 31.0 Å². The lowest BCUT2D eigenvalue weighted by molar-refractivity contribution is 0.0692. The maximum absolute atomic E-state index is 12.6. The Bertz CT molecular complexity index is 594. The van der Waals surface area contributed by atoms with Crippen molar-refractivity contribution >= 4 is 21.7 Å². The summed E-state index contributed by atoms with van der Waals surface area (Å²) in [7, 11) is -2.43. The van der Waals surface area contributed by atoms with E-state index in [1.807, 2.05) is 13.8 Å². The number of hydrogen-bond acceptors (Lipinski definition) is 4. The van der Waals surface area contributed by atoms with Gasteiger partial charge < -0.3 is 10.8 Å². The third-order valence-electron chi connectivity index (χ3n) is 3.35. The summed E-state index contributed by atoms with van der Waals surface area (Å²) >= 11 is 0. The van der Waals surface area contributed by atoms with Crippen LogP contribution >= 0.6 is 0 Å². The second kappa shape index (κ2) is 6.23. The maximum atomic E-state index is 12.6. The first kappa shape index (κ1) is 16.5. The zero-order valence-electron chi connectivity index (χ0n) is 11.8. The lowest BCUT2D eigenvalue weighted by Gasteiger charge is -2.26. The number of carboxylic acids is 1. The SMILES string of the molecule is CCC(CC)N(C)S(=O)(=O)c1cc(N)ccc1C(=O)O. The van der Waals surface area contributed by atoms with E-state index in [4.69, 9.17) is 10.8 Å². The predicted octanol–water partition coefficient (Wildman–Crippen LogP) is 1.78. The van der Waals surface area contributed by atoms with Crippen molar-refractivity contribution in [3.8, 4) is 0 Å². The molecule has 0 heterocycles. The van der Waals surface area contributed by atoms with Crippen LogP contribution in [0.3, 0.4) is 0 Å². The van der Waals surface area contributed by atoms with E-state index in [9.17, 15) is 13.2 Å². The highest BCUT2D eigenvalue weighted by Crippen LogP contribution is 2.25. The molecule has 0 saturated heterocycles. The van der Waals surface area contributed by atoms with Gasteiger partial charge in [0.25, 0.3) is 0 Å². The van der Waals surface area contributed by atoms with E-state index in [1.165, 1.54) is 29.6 Å². The van der Waals surface area contributed by atoms with Crippen LogP contribution in [0.5, 0.6) is 0 Å². The van der Waals surface area contributed by atoms with E-state index in [0.717, 1.165) is 0 Å². The van der Waals surface area contributed by atoms with Crippen LogP contribution in [0, 0.1) is 0 Å². The van der Waals surface area contributed by atoms with Crippen molar-refractivity contribution in [1.82, 2.24) is 4.31 Å². The summed E-state index contributed by atoms with van der Waals surface area (Å²) in [5.41, 5.74) is 5.54. The second-order valence-electron chi connectivity index (χ2n) is 4.55. The molecule has 0 atom stereocenters. The van der Waals surface area contributed by atoms with Crippen LogP contribution in [0.1, 0.15) is 37.0 Å². The minimum atomic E-state index is -3.89. The van der Waals surface area contributed by atoms with Crippen LogP contribution in [-0.2, 0) is 10.0 Å². The molecule has 0 aliphatic carbocycles. The molecule has 0 aliphatic heterocycles. The molecule has 6 nitrogen and oxygen atoms in total. The molecule has 1 aromatic rings. The molecule has 3 N–H and O–H groups in total. The van der Waals surface area contributed by atoms with Gasteiger partial charge in [0.05, 0.1) is 10.5 Å². The van der Waals surface area contributed by atoms with E-state index in [0.29, 0.717) is 12.8 Å². The highest BCUT2D eigenvalue weighted by atomic mass is 32.2. The lowest BCUT2D eigenvalue weighted by Crippen LogP contribution is -2.37. The molecule has 0 radical (unpaired) electrons. The minimum Gasteiger partial charge on any atom is -0.478 e. The Hall–Kier alpha value is -1.60. The molecule has 7 heteroatoms. The normalized spacial score (nSPS) is 12.1. The molecule has 1 rings (SSSR count). The molecule has 0 fully saturated rings. The number of carbonyl (C=O) groups is 1. The Kier molecular flexibility index (Phi) is 5.13. The van der Waals surface area contributed by atoms with Gasteiger partial charge in [-0.1, -0.05) is 13.8 Å². The highest BCUT2D eigenvalue weighted by molar-refractivity contribution is 7.89. The number of carboxylic acid groups (broad SMARTS) is 1. The van der Waals surface area contributed by atoms with E-state index in [2.05, 4.69) is 0 Å². The molecule has 112 valence electrons. The summed E-state index contributed by atoms with van der Waals surface area (Å²) in [5.74, 6) is -1.29. The van der Waals surface area contributed by atoms with Gasteiger partial charge in [0.1, 0.15) is 0 Å². The first-order chi connectivity index (χ1) is 9.25. The maximum Gasteiger partial charge on any atom is 0.337 e. The van der Waals surface area contributed by atoms with Crippen LogP contribution in [-0.4, -0.2) is 36.9 Å². The van der Waals surface area contributed by atoms with Crippen LogP contribution in [0.25, 0.3) is 0 Å². The summed E-state index contributed by atoms with van der Waals surface area (Å²) in [6, 6.07) is 3.60. The number of hydrogen-bond donors (Lipinski definition) is 2. The molecule has 0 bridgehead atoms. The van der Waals surface area contributed by atoms with E-state index in [1.54, 1.807) is 0 Å². The van der Waals surface area contributed by atoms with E-state index >= 15 is 0 Å². The Morgan fingerprint density at radius 2 is 1.90 bits per heavy atom. The molecular weight excluding hydrogens is 280 g/mol. The molecule has 0 unspecified atom stereocenters. The van der Waals surface area contributed by atoms with E-state index < -0.39 is 16.0 Å². The van der Waals surface area contributed by atoms with Gasteiger partial charge in [-0.25, -0.2) is 13.2 Å². The van der Waals surface area contributed by atoms with Gasteiger partial charge in [0, 0.05) is 18.8 Å². The van der Waals surface area contributed by atoms with Gasteiger partial charge >= 0.3 is 5.97 Å². The zero-order chi connectivity index (χ0) is 15.5. The van der Waals surface area contributed by atoms with Crippen molar-refractivity contribution in [1.29, 1.82) is 0 Å². The number of sulfonamides is 1. The molecule has 20 heavy (non-hydrogen) atoms. The average Bonchev–Trinajstić information content (AvgIpc) is 2.39. The fraction of sp³-hybridized carbons (Fsp3) is 0.462. The Labute approximate surface area is 119 Å². The molecule has 0 spiro atoms. The second-order valence-corrected chi connectivity index (χ2v) is 6.52.